The van der Waals surface area contributed by atoms with Crippen LogP contribution in [0.5, 0.6) is 0 Å². The van der Waals surface area contributed by atoms with E-state index >= 15 is 0 Å². The Morgan fingerprint density at radius 2 is 2.40 bits per heavy atom. The average molecular weight is 208 g/mol. The van der Waals surface area contributed by atoms with Gasteiger partial charge in [-0.3, -0.25) is 9.80 Å². The van der Waals surface area contributed by atoms with E-state index in [2.05, 4.69) is 11.9 Å². The van der Waals surface area contributed by atoms with Crippen molar-refractivity contribution in [3.8, 4) is 0 Å². The van der Waals surface area contributed by atoms with E-state index in [4.69, 9.17) is 5.11 Å². The molecular weight excluding hydrogens is 192 g/mol. The molecule has 1 atom stereocenters. The molecule has 0 bridgehead atoms. The van der Waals surface area contributed by atoms with E-state index in [0.29, 0.717) is 6.04 Å². The minimum absolute atomic E-state index is 0.428. The lowest BCUT2D eigenvalue weighted by atomic mass is 10.0. The quantitative estimate of drug-likeness (QED) is 0.715. The highest BCUT2D eigenvalue weighted by Gasteiger charge is 2.26. The molecule has 0 aromatic carbocycles. The molecule has 4 heteroatoms. The molecule has 0 aliphatic carbocycles. The summed E-state index contributed by atoms with van der Waals surface area (Å²) >= 11 is 0. The molecule has 0 radical (unpaired) electrons. The zero-order valence-corrected chi connectivity index (χ0v) is 8.89. The van der Waals surface area contributed by atoms with Crippen LogP contribution in [0.15, 0.2) is 24.0 Å². The predicted molar refractivity (Wildman–Crippen MR) is 57.4 cm³/mol. The van der Waals surface area contributed by atoms with Gasteiger partial charge in [-0.1, -0.05) is 6.08 Å². The Bertz CT molecular complexity index is 323. The highest BCUT2D eigenvalue weighted by atomic mass is 16.4. The van der Waals surface area contributed by atoms with Crippen LogP contribution < -0.4 is 0 Å². The molecule has 1 amide bonds. The molecule has 1 N–H and O–H groups in total. The van der Waals surface area contributed by atoms with Gasteiger partial charge in [0.15, 0.2) is 0 Å². The van der Waals surface area contributed by atoms with Gasteiger partial charge in [0.1, 0.15) is 0 Å². The van der Waals surface area contributed by atoms with Gasteiger partial charge in [0.05, 0.1) is 0 Å². The van der Waals surface area contributed by atoms with Gasteiger partial charge in [-0.05, 0) is 38.4 Å². The topological polar surface area (TPSA) is 43.8 Å². The maximum Gasteiger partial charge on any atom is 0.415 e. The molecule has 0 aromatic heterocycles. The maximum atomic E-state index is 10.8. The van der Waals surface area contributed by atoms with Crippen LogP contribution in [0, 0.1) is 0 Å². The molecule has 2 rings (SSSR count). The summed E-state index contributed by atoms with van der Waals surface area (Å²) in [7, 11) is 2.10. The number of nitrogens with zero attached hydrogens (tertiary/aromatic N) is 2. The molecule has 0 aromatic rings. The van der Waals surface area contributed by atoms with Crippen LogP contribution in [-0.4, -0.2) is 40.6 Å². The Labute approximate surface area is 89.5 Å². The summed E-state index contributed by atoms with van der Waals surface area (Å²) in [6.45, 7) is 1.11. The average Bonchev–Trinajstić information content (AvgIpc) is 2.64. The number of amides is 1. The smallest absolute Gasteiger partial charge is 0.415 e. The van der Waals surface area contributed by atoms with Crippen molar-refractivity contribution in [1.29, 1.82) is 0 Å². The van der Waals surface area contributed by atoms with Gasteiger partial charge in [-0.15, -0.1) is 0 Å². The fourth-order valence-corrected chi connectivity index (χ4v) is 2.30. The summed E-state index contributed by atoms with van der Waals surface area (Å²) in [4.78, 5) is 14.4. The molecular formula is C11H16N2O2. The Hall–Kier alpha value is -1.29. The summed E-state index contributed by atoms with van der Waals surface area (Å²) in [5.74, 6) is 0. The first-order valence-electron chi connectivity index (χ1n) is 5.27. The summed E-state index contributed by atoms with van der Waals surface area (Å²) in [5, 5.41) is 8.88. The summed E-state index contributed by atoms with van der Waals surface area (Å²) in [5.41, 5.74) is 1.21. The van der Waals surface area contributed by atoms with Crippen molar-refractivity contribution in [3.63, 3.8) is 0 Å². The lowest BCUT2D eigenvalue weighted by Crippen LogP contribution is -2.30. The molecule has 1 fully saturated rings. The third-order valence-electron chi connectivity index (χ3n) is 3.09. The molecule has 0 saturated carbocycles. The normalized spacial score (nSPS) is 26.9. The number of allylic oxidation sites excluding steroid dienone is 1. The van der Waals surface area contributed by atoms with E-state index in [1.54, 1.807) is 12.4 Å². The molecule has 2 aliphatic heterocycles. The highest BCUT2D eigenvalue weighted by Crippen LogP contribution is 2.26. The van der Waals surface area contributed by atoms with Crippen LogP contribution in [-0.2, 0) is 0 Å². The number of hydrogen-bond acceptors (Lipinski definition) is 2. The van der Waals surface area contributed by atoms with Crippen LogP contribution in [0.4, 0.5) is 4.79 Å². The van der Waals surface area contributed by atoms with Crippen molar-refractivity contribution in [2.75, 3.05) is 13.6 Å². The van der Waals surface area contributed by atoms with Crippen molar-refractivity contribution in [2.45, 2.75) is 25.3 Å². The summed E-state index contributed by atoms with van der Waals surface area (Å²) < 4.78 is 0. The van der Waals surface area contributed by atoms with Crippen molar-refractivity contribution < 1.29 is 9.90 Å². The Morgan fingerprint density at radius 1 is 1.60 bits per heavy atom. The van der Waals surface area contributed by atoms with E-state index in [1.165, 1.54) is 16.9 Å². The van der Waals surface area contributed by atoms with E-state index in [-0.39, 0.29) is 0 Å². The first-order chi connectivity index (χ1) is 7.18. The number of carboxylic acid groups (broad SMARTS) is 1. The van der Waals surface area contributed by atoms with E-state index in [9.17, 15) is 4.79 Å². The van der Waals surface area contributed by atoms with Crippen LogP contribution in [0.2, 0.25) is 0 Å². The Morgan fingerprint density at radius 3 is 3.00 bits per heavy atom. The lowest BCUT2D eigenvalue weighted by Gasteiger charge is -2.25. The number of hydrogen-bond donors (Lipinski definition) is 1. The van der Waals surface area contributed by atoms with Gasteiger partial charge >= 0.3 is 6.09 Å². The van der Waals surface area contributed by atoms with Gasteiger partial charge < -0.3 is 5.11 Å². The number of rotatable bonds is 1. The molecule has 1 saturated heterocycles. The third kappa shape index (κ3) is 2.04. The molecule has 15 heavy (non-hydrogen) atoms. The Balaban J connectivity index is 2.12. The van der Waals surface area contributed by atoms with Gasteiger partial charge in [0.2, 0.25) is 0 Å². The molecule has 82 valence electrons. The van der Waals surface area contributed by atoms with E-state index in [0.717, 1.165) is 19.4 Å². The summed E-state index contributed by atoms with van der Waals surface area (Å²) in [6.07, 6.45) is 7.59. The van der Waals surface area contributed by atoms with Crippen molar-refractivity contribution in [3.05, 3.63) is 24.0 Å². The largest absolute Gasteiger partial charge is 0.464 e. The number of likely N-dealkylation sites (N-methyl/N-ethyl adjacent to an activating group) is 1. The highest BCUT2D eigenvalue weighted by molar-refractivity contribution is 5.68. The van der Waals surface area contributed by atoms with Crippen LogP contribution in [0.3, 0.4) is 0 Å². The van der Waals surface area contributed by atoms with Gasteiger partial charge in [-0.2, -0.15) is 0 Å². The van der Waals surface area contributed by atoms with Crippen molar-refractivity contribution >= 4 is 6.09 Å². The minimum atomic E-state index is -0.913. The van der Waals surface area contributed by atoms with E-state index < -0.39 is 6.09 Å². The predicted octanol–water partition coefficient (Wildman–Crippen LogP) is 1.86. The van der Waals surface area contributed by atoms with Crippen molar-refractivity contribution in [2.24, 2.45) is 0 Å². The molecule has 2 aliphatic rings. The second-order valence-electron chi connectivity index (χ2n) is 4.12. The standard InChI is InChI=1S/C11H16N2O2/c1-12-6-3-5-10(12)9-4-2-7-13(8-9)11(14)15/h2,7-8,10H,3-6H2,1H3,(H,14,15). The minimum Gasteiger partial charge on any atom is -0.464 e. The van der Waals surface area contributed by atoms with E-state index in [1.807, 2.05) is 6.08 Å². The van der Waals surface area contributed by atoms with Crippen molar-refractivity contribution in [1.82, 2.24) is 9.80 Å². The molecule has 4 nitrogen and oxygen atoms in total. The van der Waals surface area contributed by atoms with Crippen LogP contribution in [0.1, 0.15) is 19.3 Å². The summed E-state index contributed by atoms with van der Waals surface area (Å²) in [6, 6.07) is 0.428. The molecule has 0 spiro atoms. The fourth-order valence-electron chi connectivity index (χ4n) is 2.30. The first-order valence-corrected chi connectivity index (χ1v) is 5.27. The maximum absolute atomic E-state index is 10.8. The monoisotopic (exact) mass is 208 g/mol. The third-order valence-corrected chi connectivity index (χ3v) is 3.09. The number of likely N-dealkylation sites (tertiary alicyclic amines) is 1. The second kappa shape index (κ2) is 4.06. The Kier molecular flexibility index (Phi) is 2.77. The van der Waals surface area contributed by atoms with Gasteiger partial charge in [-0.25, -0.2) is 4.79 Å². The molecule has 2 heterocycles. The van der Waals surface area contributed by atoms with Crippen LogP contribution >= 0.6 is 0 Å². The second-order valence-corrected chi connectivity index (χ2v) is 4.12. The molecule has 1 unspecified atom stereocenters. The van der Waals surface area contributed by atoms with Gasteiger partial charge in [0.25, 0.3) is 0 Å². The van der Waals surface area contributed by atoms with Crippen LogP contribution in [0.25, 0.3) is 0 Å². The SMILES string of the molecule is CN1CCCC1C1=CN(C(=O)O)C=CC1. The van der Waals surface area contributed by atoms with Gasteiger partial charge in [0, 0.05) is 18.4 Å². The lowest BCUT2D eigenvalue weighted by molar-refractivity contribution is 0.174. The number of carbonyl (C=O) groups is 1. The zero-order chi connectivity index (χ0) is 10.8. The first kappa shape index (κ1) is 10.2. The fraction of sp³-hybridized carbons (Fsp3) is 0.545. The zero-order valence-electron chi connectivity index (χ0n) is 8.89.